The molecule has 0 saturated carbocycles. The summed E-state index contributed by atoms with van der Waals surface area (Å²) in [5.41, 5.74) is 1.05. The average molecular weight is 237 g/mol. The zero-order valence-corrected chi connectivity index (χ0v) is 11.2. The summed E-state index contributed by atoms with van der Waals surface area (Å²) in [7, 11) is 1.63. The molecule has 4 heteroatoms. The van der Waals surface area contributed by atoms with Gasteiger partial charge in [-0.05, 0) is 26.3 Å². The predicted molar refractivity (Wildman–Crippen MR) is 69.4 cm³/mol. The number of hydrogen-bond acceptors (Lipinski definition) is 4. The molecule has 0 bridgehead atoms. The van der Waals surface area contributed by atoms with Crippen LogP contribution in [0.4, 0.5) is 0 Å². The van der Waals surface area contributed by atoms with Gasteiger partial charge in [0, 0.05) is 18.0 Å². The Morgan fingerprint density at radius 1 is 1.35 bits per heavy atom. The molecule has 0 aliphatic rings. The van der Waals surface area contributed by atoms with Crippen LogP contribution in [-0.4, -0.2) is 29.7 Å². The Labute approximate surface area is 104 Å². The molecule has 0 aliphatic carbocycles. The summed E-state index contributed by atoms with van der Waals surface area (Å²) in [5, 5.41) is 3.52. The van der Waals surface area contributed by atoms with E-state index in [4.69, 9.17) is 4.74 Å². The van der Waals surface area contributed by atoms with E-state index in [1.165, 1.54) is 0 Å². The van der Waals surface area contributed by atoms with E-state index >= 15 is 0 Å². The Kier molecular flexibility index (Phi) is 5.91. The molecular weight excluding hydrogens is 214 g/mol. The van der Waals surface area contributed by atoms with Crippen molar-refractivity contribution < 1.29 is 4.74 Å². The zero-order valence-electron chi connectivity index (χ0n) is 11.2. The third-order valence-electron chi connectivity index (χ3n) is 3.01. The summed E-state index contributed by atoms with van der Waals surface area (Å²) in [6.45, 7) is 7.61. The molecule has 1 heterocycles. The number of hydrogen-bond donors (Lipinski definition) is 1. The van der Waals surface area contributed by atoms with Gasteiger partial charge in [-0.25, -0.2) is 9.97 Å². The Hall–Kier alpha value is -1.16. The molecule has 17 heavy (non-hydrogen) atoms. The first-order valence-corrected chi connectivity index (χ1v) is 6.32. The van der Waals surface area contributed by atoms with Gasteiger partial charge in [-0.15, -0.1) is 0 Å². The van der Waals surface area contributed by atoms with Crippen molar-refractivity contribution in [3.8, 4) is 5.88 Å². The maximum absolute atomic E-state index is 5.14. The molecule has 2 unspecified atom stereocenters. The van der Waals surface area contributed by atoms with Crippen molar-refractivity contribution in [1.29, 1.82) is 0 Å². The molecule has 0 aromatic carbocycles. The van der Waals surface area contributed by atoms with Crippen molar-refractivity contribution in [1.82, 2.24) is 15.3 Å². The van der Waals surface area contributed by atoms with Crippen LogP contribution < -0.4 is 10.1 Å². The fourth-order valence-electron chi connectivity index (χ4n) is 2.00. The highest BCUT2D eigenvalue weighted by atomic mass is 16.5. The quantitative estimate of drug-likeness (QED) is 0.791. The molecule has 1 aromatic heterocycles. The first kappa shape index (κ1) is 13.9. The monoisotopic (exact) mass is 237 g/mol. The SMILES string of the molecule is CCCNC(C)C(CC)c1cc(OC)ncn1. The summed E-state index contributed by atoms with van der Waals surface area (Å²) in [6.07, 6.45) is 3.77. The molecule has 96 valence electrons. The van der Waals surface area contributed by atoms with Gasteiger partial charge < -0.3 is 10.1 Å². The molecular formula is C13H23N3O. The molecule has 1 rings (SSSR count). The topological polar surface area (TPSA) is 47.0 Å². The van der Waals surface area contributed by atoms with Crippen LogP contribution in [0.5, 0.6) is 5.88 Å². The highest BCUT2D eigenvalue weighted by molar-refractivity contribution is 5.18. The second kappa shape index (κ2) is 7.22. The van der Waals surface area contributed by atoms with Gasteiger partial charge >= 0.3 is 0 Å². The lowest BCUT2D eigenvalue weighted by Gasteiger charge is -2.23. The largest absolute Gasteiger partial charge is 0.481 e. The van der Waals surface area contributed by atoms with Crippen LogP contribution in [-0.2, 0) is 0 Å². The number of aromatic nitrogens is 2. The number of nitrogens with zero attached hydrogens (tertiary/aromatic N) is 2. The minimum absolute atomic E-state index is 0.401. The van der Waals surface area contributed by atoms with Crippen molar-refractivity contribution in [3.63, 3.8) is 0 Å². The molecule has 1 aromatic rings. The highest BCUT2D eigenvalue weighted by Crippen LogP contribution is 2.23. The first-order valence-electron chi connectivity index (χ1n) is 6.32. The van der Waals surface area contributed by atoms with Gasteiger partial charge in [-0.2, -0.15) is 0 Å². The van der Waals surface area contributed by atoms with E-state index in [-0.39, 0.29) is 0 Å². The number of methoxy groups -OCH3 is 1. The lowest BCUT2D eigenvalue weighted by Crippen LogP contribution is -2.33. The normalized spacial score (nSPS) is 14.4. The molecule has 0 amide bonds. The van der Waals surface area contributed by atoms with Gasteiger partial charge in [0.05, 0.1) is 12.8 Å². The zero-order chi connectivity index (χ0) is 12.7. The van der Waals surface area contributed by atoms with Crippen LogP contribution in [0, 0.1) is 0 Å². The van der Waals surface area contributed by atoms with Crippen LogP contribution >= 0.6 is 0 Å². The number of ether oxygens (including phenoxy) is 1. The smallest absolute Gasteiger partial charge is 0.216 e. The fraction of sp³-hybridized carbons (Fsp3) is 0.692. The summed E-state index contributed by atoms with van der Waals surface area (Å²) in [5.74, 6) is 1.04. The third-order valence-corrected chi connectivity index (χ3v) is 3.01. The number of rotatable bonds is 7. The van der Waals surface area contributed by atoms with Gasteiger partial charge in [0.15, 0.2) is 0 Å². The lowest BCUT2D eigenvalue weighted by molar-refractivity contribution is 0.391. The van der Waals surface area contributed by atoms with Gasteiger partial charge in [0.2, 0.25) is 5.88 Å². The summed E-state index contributed by atoms with van der Waals surface area (Å²) in [6, 6.07) is 2.35. The van der Waals surface area contributed by atoms with Crippen LogP contribution in [0.3, 0.4) is 0 Å². The predicted octanol–water partition coefficient (Wildman–Crippen LogP) is 2.37. The van der Waals surface area contributed by atoms with E-state index in [1.54, 1.807) is 13.4 Å². The van der Waals surface area contributed by atoms with E-state index in [1.807, 2.05) is 6.07 Å². The Morgan fingerprint density at radius 2 is 2.12 bits per heavy atom. The standard InChI is InChI=1S/C13H23N3O/c1-5-7-14-10(3)11(6-2)12-8-13(17-4)16-9-15-12/h8-11,14H,5-7H2,1-4H3. The molecule has 0 aliphatic heterocycles. The molecule has 0 spiro atoms. The van der Waals surface area contributed by atoms with Crippen molar-refractivity contribution in [2.24, 2.45) is 0 Å². The first-order chi connectivity index (χ1) is 8.22. The molecule has 0 saturated heterocycles. The maximum atomic E-state index is 5.14. The second-order valence-electron chi connectivity index (χ2n) is 4.24. The summed E-state index contributed by atoms with van der Waals surface area (Å²) in [4.78, 5) is 8.40. The second-order valence-corrected chi connectivity index (χ2v) is 4.24. The Morgan fingerprint density at radius 3 is 2.71 bits per heavy atom. The average Bonchev–Trinajstić information content (AvgIpc) is 2.37. The molecule has 0 radical (unpaired) electrons. The molecule has 1 N–H and O–H groups in total. The fourth-order valence-corrected chi connectivity index (χ4v) is 2.00. The van der Waals surface area contributed by atoms with Crippen LogP contribution in [0.2, 0.25) is 0 Å². The van der Waals surface area contributed by atoms with E-state index in [0.29, 0.717) is 17.8 Å². The number of nitrogens with one attached hydrogen (secondary N) is 1. The van der Waals surface area contributed by atoms with Crippen molar-refractivity contribution in [2.45, 2.75) is 45.6 Å². The minimum atomic E-state index is 0.401. The Bertz CT molecular complexity index is 330. The third kappa shape index (κ3) is 3.97. The molecule has 2 atom stereocenters. The van der Waals surface area contributed by atoms with E-state index in [2.05, 4.69) is 36.1 Å². The summed E-state index contributed by atoms with van der Waals surface area (Å²) < 4.78 is 5.14. The minimum Gasteiger partial charge on any atom is -0.481 e. The lowest BCUT2D eigenvalue weighted by atomic mass is 9.94. The van der Waals surface area contributed by atoms with Gasteiger partial charge in [0.1, 0.15) is 6.33 Å². The van der Waals surface area contributed by atoms with Gasteiger partial charge in [0.25, 0.3) is 0 Å². The molecule has 4 nitrogen and oxygen atoms in total. The maximum Gasteiger partial charge on any atom is 0.216 e. The van der Waals surface area contributed by atoms with Crippen molar-refractivity contribution in [2.75, 3.05) is 13.7 Å². The summed E-state index contributed by atoms with van der Waals surface area (Å²) >= 11 is 0. The van der Waals surface area contributed by atoms with E-state index in [9.17, 15) is 0 Å². The van der Waals surface area contributed by atoms with Crippen LogP contribution in [0.15, 0.2) is 12.4 Å². The Balaban J connectivity index is 2.77. The van der Waals surface area contributed by atoms with Crippen molar-refractivity contribution in [3.05, 3.63) is 18.1 Å². The van der Waals surface area contributed by atoms with E-state index < -0.39 is 0 Å². The van der Waals surface area contributed by atoms with Crippen molar-refractivity contribution >= 4 is 0 Å². The highest BCUT2D eigenvalue weighted by Gasteiger charge is 2.18. The van der Waals surface area contributed by atoms with Crippen LogP contribution in [0.1, 0.15) is 45.2 Å². The van der Waals surface area contributed by atoms with Gasteiger partial charge in [-0.1, -0.05) is 13.8 Å². The van der Waals surface area contributed by atoms with E-state index in [0.717, 1.165) is 25.1 Å². The molecule has 0 fully saturated rings. The van der Waals surface area contributed by atoms with Gasteiger partial charge in [-0.3, -0.25) is 0 Å². The van der Waals surface area contributed by atoms with Crippen LogP contribution in [0.25, 0.3) is 0 Å².